The standard InChI is InChI=1S/C14H20FN.ClH/c1-10-12(8-5-9-13(10)15)14(16)11-6-3-2-4-7-11;/h5,8-9,11,14H,2-4,6-7,16H2,1H3;1H/t14-;/m1./s1. The van der Waals surface area contributed by atoms with Crippen LogP contribution < -0.4 is 5.73 Å². The van der Waals surface area contributed by atoms with Gasteiger partial charge in [-0.05, 0) is 42.9 Å². The minimum absolute atomic E-state index is 0. The number of hydrogen-bond donors (Lipinski definition) is 1. The maximum absolute atomic E-state index is 13.5. The zero-order valence-corrected chi connectivity index (χ0v) is 11.1. The maximum Gasteiger partial charge on any atom is 0.126 e. The lowest BCUT2D eigenvalue weighted by molar-refractivity contribution is 0.307. The van der Waals surface area contributed by atoms with Gasteiger partial charge < -0.3 is 5.73 Å². The molecule has 0 saturated heterocycles. The number of benzene rings is 1. The van der Waals surface area contributed by atoms with Gasteiger partial charge in [0.15, 0.2) is 0 Å². The normalized spacial score (nSPS) is 18.5. The molecule has 3 heteroatoms. The summed E-state index contributed by atoms with van der Waals surface area (Å²) in [5.74, 6) is 0.401. The van der Waals surface area contributed by atoms with Gasteiger partial charge in [-0.3, -0.25) is 0 Å². The van der Waals surface area contributed by atoms with Crippen LogP contribution in [-0.4, -0.2) is 0 Å². The molecule has 1 atom stereocenters. The molecule has 1 aromatic rings. The first kappa shape index (κ1) is 14.5. The summed E-state index contributed by atoms with van der Waals surface area (Å²) in [5, 5.41) is 0. The molecule has 1 saturated carbocycles. The molecule has 1 fully saturated rings. The molecule has 17 heavy (non-hydrogen) atoms. The van der Waals surface area contributed by atoms with E-state index in [-0.39, 0.29) is 24.3 Å². The second kappa shape index (κ2) is 6.36. The first-order chi connectivity index (χ1) is 7.70. The highest BCUT2D eigenvalue weighted by molar-refractivity contribution is 5.85. The summed E-state index contributed by atoms with van der Waals surface area (Å²) in [5.41, 5.74) is 7.99. The maximum atomic E-state index is 13.5. The minimum Gasteiger partial charge on any atom is -0.324 e. The Morgan fingerprint density at radius 1 is 1.24 bits per heavy atom. The van der Waals surface area contributed by atoms with E-state index in [1.165, 1.54) is 38.2 Å². The molecule has 2 N–H and O–H groups in total. The van der Waals surface area contributed by atoms with E-state index >= 15 is 0 Å². The van der Waals surface area contributed by atoms with Crippen LogP contribution in [0.15, 0.2) is 18.2 Å². The highest BCUT2D eigenvalue weighted by Crippen LogP contribution is 2.34. The third-order valence-corrected chi connectivity index (χ3v) is 3.83. The van der Waals surface area contributed by atoms with E-state index in [4.69, 9.17) is 5.73 Å². The molecular formula is C14H21ClFN. The van der Waals surface area contributed by atoms with E-state index in [1.807, 2.05) is 13.0 Å². The SMILES string of the molecule is Cc1c(F)cccc1[C@H](N)C1CCCCC1.Cl. The summed E-state index contributed by atoms with van der Waals surface area (Å²) in [7, 11) is 0. The van der Waals surface area contributed by atoms with Gasteiger partial charge in [0, 0.05) is 6.04 Å². The van der Waals surface area contributed by atoms with Gasteiger partial charge in [0.1, 0.15) is 5.82 Å². The Bertz CT molecular complexity index is 361. The number of hydrogen-bond acceptors (Lipinski definition) is 1. The lowest BCUT2D eigenvalue weighted by atomic mass is 9.80. The molecule has 0 aromatic heterocycles. The summed E-state index contributed by atoms with van der Waals surface area (Å²) in [6, 6.07) is 5.25. The molecule has 1 nitrogen and oxygen atoms in total. The van der Waals surface area contributed by atoms with Gasteiger partial charge in [0.25, 0.3) is 0 Å². The van der Waals surface area contributed by atoms with Crippen LogP contribution in [0.2, 0.25) is 0 Å². The van der Waals surface area contributed by atoms with E-state index in [0.29, 0.717) is 5.92 Å². The average Bonchev–Trinajstić information content (AvgIpc) is 2.33. The van der Waals surface area contributed by atoms with Crippen molar-refractivity contribution in [1.82, 2.24) is 0 Å². The fraction of sp³-hybridized carbons (Fsp3) is 0.571. The van der Waals surface area contributed by atoms with Crippen molar-refractivity contribution < 1.29 is 4.39 Å². The van der Waals surface area contributed by atoms with Crippen molar-refractivity contribution in [2.75, 3.05) is 0 Å². The van der Waals surface area contributed by atoms with Crippen molar-refractivity contribution in [3.05, 3.63) is 35.1 Å². The number of halogens is 2. The van der Waals surface area contributed by atoms with Gasteiger partial charge in [-0.1, -0.05) is 31.4 Å². The minimum atomic E-state index is -0.135. The van der Waals surface area contributed by atoms with Crippen LogP contribution in [0, 0.1) is 18.7 Å². The van der Waals surface area contributed by atoms with Crippen LogP contribution in [0.1, 0.15) is 49.3 Å². The lowest BCUT2D eigenvalue weighted by Gasteiger charge is -2.28. The van der Waals surface area contributed by atoms with Crippen LogP contribution in [0.25, 0.3) is 0 Å². The van der Waals surface area contributed by atoms with Gasteiger partial charge >= 0.3 is 0 Å². The fourth-order valence-corrected chi connectivity index (χ4v) is 2.73. The highest BCUT2D eigenvalue weighted by atomic mass is 35.5. The quantitative estimate of drug-likeness (QED) is 0.847. The molecule has 0 aliphatic heterocycles. The number of nitrogens with two attached hydrogens (primary N) is 1. The topological polar surface area (TPSA) is 26.0 Å². The zero-order chi connectivity index (χ0) is 11.5. The molecule has 0 radical (unpaired) electrons. The highest BCUT2D eigenvalue weighted by Gasteiger charge is 2.23. The zero-order valence-electron chi connectivity index (χ0n) is 10.3. The molecule has 1 aliphatic rings. The van der Waals surface area contributed by atoms with Crippen LogP contribution in [0.5, 0.6) is 0 Å². The molecule has 1 aromatic carbocycles. The van der Waals surface area contributed by atoms with E-state index in [1.54, 1.807) is 6.07 Å². The Hall–Kier alpha value is -0.600. The Morgan fingerprint density at radius 3 is 2.53 bits per heavy atom. The third kappa shape index (κ3) is 3.20. The Kier molecular flexibility index (Phi) is 5.41. The van der Waals surface area contributed by atoms with E-state index in [0.717, 1.165) is 11.1 Å². The van der Waals surface area contributed by atoms with Gasteiger partial charge in [-0.15, -0.1) is 12.4 Å². The van der Waals surface area contributed by atoms with Gasteiger partial charge in [0.2, 0.25) is 0 Å². The smallest absolute Gasteiger partial charge is 0.126 e. The fourth-order valence-electron chi connectivity index (χ4n) is 2.73. The van der Waals surface area contributed by atoms with E-state index in [9.17, 15) is 4.39 Å². The third-order valence-electron chi connectivity index (χ3n) is 3.83. The summed E-state index contributed by atoms with van der Waals surface area (Å²) in [4.78, 5) is 0. The first-order valence-corrected chi connectivity index (χ1v) is 6.20. The van der Waals surface area contributed by atoms with Crippen LogP contribution in [-0.2, 0) is 0 Å². The van der Waals surface area contributed by atoms with Crippen molar-refractivity contribution in [3.8, 4) is 0 Å². The Balaban J connectivity index is 0.00000144. The van der Waals surface area contributed by atoms with Crippen LogP contribution >= 0.6 is 12.4 Å². The molecule has 0 bridgehead atoms. The number of rotatable bonds is 2. The summed E-state index contributed by atoms with van der Waals surface area (Å²) in [6.07, 6.45) is 6.25. The molecule has 2 rings (SSSR count). The average molecular weight is 258 g/mol. The predicted molar refractivity (Wildman–Crippen MR) is 71.9 cm³/mol. The molecular weight excluding hydrogens is 237 g/mol. The van der Waals surface area contributed by atoms with E-state index in [2.05, 4.69) is 0 Å². The molecule has 0 heterocycles. The lowest BCUT2D eigenvalue weighted by Crippen LogP contribution is -2.24. The van der Waals surface area contributed by atoms with Crippen molar-refractivity contribution in [1.29, 1.82) is 0 Å². The van der Waals surface area contributed by atoms with Crippen molar-refractivity contribution in [3.63, 3.8) is 0 Å². The Morgan fingerprint density at radius 2 is 1.88 bits per heavy atom. The Labute approximate surface area is 109 Å². The summed E-state index contributed by atoms with van der Waals surface area (Å²) >= 11 is 0. The molecule has 1 aliphatic carbocycles. The summed E-state index contributed by atoms with van der Waals surface area (Å²) in [6.45, 7) is 1.83. The second-order valence-electron chi connectivity index (χ2n) is 4.88. The molecule has 0 spiro atoms. The second-order valence-corrected chi connectivity index (χ2v) is 4.88. The van der Waals surface area contributed by atoms with E-state index < -0.39 is 0 Å². The molecule has 96 valence electrons. The van der Waals surface area contributed by atoms with Crippen molar-refractivity contribution in [2.45, 2.75) is 45.1 Å². The summed E-state index contributed by atoms with van der Waals surface area (Å²) < 4.78 is 13.5. The van der Waals surface area contributed by atoms with Crippen LogP contribution in [0.3, 0.4) is 0 Å². The van der Waals surface area contributed by atoms with Gasteiger partial charge in [-0.25, -0.2) is 4.39 Å². The van der Waals surface area contributed by atoms with Gasteiger partial charge in [0.05, 0.1) is 0 Å². The monoisotopic (exact) mass is 257 g/mol. The first-order valence-electron chi connectivity index (χ1n) is 6.20. The van der Waals surface area contributed by atoms with Crippen molar-refractivity contribution in [2.24, 2.45) is 11.7 Å². The largest absolute Gasteiger partial charge is 0.324 e. The van der Waals surface area contributed by atoms with Crippen molar-refractivity contribution >= 4 is 12.4 Å². The molecule has 0 amide bonds. The predicted octanol–water partition coefficient (Wildman–Crippen LogP) is 4.14. The molecule has 0 unspecified atom stereocenters. The van der Waals surface area contributed by atoms with Crippen LogP contribution in [0.4, 0.5) is 4.39 Å². The van der Waals surface area contributed by atoms with Gasteiger partial charge in [-0.2, -0.15) is 0 Å².